The van der Waals surface area contributed by atoms with Crippen molar-refractivity contribution in [3.63, 3.8) is 0 Å². The van der Waals surface area contributed by atoms with Crippen LogP contribution in [-0.2, 0) is 0 Å². The van der Waals surface area contributed by atoms with Crippen LogP contribution in [0.1, 0.15) is 0 Å². The number of hydrogen-bond donors (Lipinski definition) is 0. The Kier molecular flexibility index (Phi) is 6.29. The number of nitrogens with zero attached hydrogens (tertiary/aromatic N) is 4. The van der Waals surface area contributed by atoms with Gasteiger partial charge in [0.05, 0.1) is 33.3 Å². The molecule has 0 radical (unpaired) electrons. The minimum Gasteiger partial charge on any atom is -0.309 e. The van der Waals surface area contributed by atoms with Gasteiger partial charge in [0.1, 0.15) is 0 Å². The van der Waals surface area contributed by atoms with Gasteiger partial charge < -0.3 is 4.57 Å². The van der Waals surface area contributed by atoms with E-state index in [0.29, 0.717) is 5.95 Å². The monoisotopic (exact) mass is 742 g/mol. The first kappa shape index (κ1) is 30.9. The molecule has 13 rings (SSSR count). The summed E-state index contributed by atoms with van der Waals surface area (Å²) in [6.07, 6.45) is 0. The highest BCUT2D eigenvalue weighted by atomic mass is 32.1. The van der Waals surface area contributed by atoms with Crippen LogP contribution in [0.3, 0.4) is 0 Å². The molecule has 0 N–H and O–H groups in total. The Morgan fingerprint density at radius 2 is 0.930 bits per heavy atom. The Balaban J connectivity index is 1.22. The van der Waals surface area contributed by atoms with Gasteiger partial charge in [-0.3, -0.25) is 4.57 Å². The summed E-state index contributed by atoms with van der Waals surface area (Å²) in [5.74, 6) is 0.662. The summed E-state index contributed by atoms with van der Waals surface area (Å²) in [5, 5.41) is 13.2. The Hall–Kier alpha value is -7.34. The number of rotatable bonds is 3. The lowest BCUT2D eigenvalue weighted by Gasteiger charge is -2.15. The standard InChI is InChI=1S/C52H30N4S/c1-2-15-32(16-3-1)55-43-24-12-9-20-36(43)38-26-28-45-47(50(38)55)48-46(57-45)29-27-39-37-21-10-13-25-44(37)56(51(39)48)52-53-42-23-11-8-22-40(42)49(54-52)41-30-31-14-4-5-17-33(31)34-18-6-7-19-35(34)41/h1-30H. The third-order valence-corrected chi connectivity index (χ3v) is 13.0. The molecule has 9 aromatic carbocycles. The zero-order chi connectivity index (χ0) is 37.2. The highest BCUT2D eigenvalue weighted by molar-refractivity contribution is 7.26. The quantitative estimate of drug-likeness (QED) is 0.169. The fourth-order valence-electron chi connectivity index (χ4n) is 9.52. The summed E-state index contributed by atoms with van der Waals surface area (Å²) in [6, 6.07) is 65.7. The van der Waals surface area contributed by atoms with Gasteiger partial charge >= 0.3 is 0 Å². The van der Waals surface area contributed by atoms with Crippen molar-refractivity contribution < 1.29 is 0 Å². The summed E-state index contributed by atoms with van der Waals surface area (Å²) in [5.41, 5.74) is 8.72. The zero-order valence-electron chi connectivity index (χ0n) is 30.5. The van der Waals surface area contributed by atoms with Crippen LogP contribution in [0.5, 0.6) is 0 Å². The van der Waals surface area contributed by atoms with Crippen molar-refractivity contribution in [2.45, 2.75) is 0 Å². The molecule has 0 fully saturated rings. The van der Waals surface area contributed by atoms with Crippen LogP contribution in [-0.4, -0.2) is 19.1 Å². The maximum atomic E-state index is 5.65. The van der Waals surface area contributed by atoms with Gasteiger partial charge in [0.2, 0.25) is 5.95 Å². The predicted octanol–water partition coefficient (Wildman–Crippen LogP) is 14.2. The van der Waals surface area contributed by atoms with Crippen molar-refractivity contribution in [1.82, 2.24) is 19.1 Å². The highest BCUT2D eigenvalue weighted by Crippen LogP contribution is 2.48. The maximum Gasteiger partial charge on any atom is 0.235 e. The van der Waals surface area contributed by atoms with Crippen molar-refractivity contribution in [2.75, 3.05) is 0 Å². The van der Waals surface area contributed by atoms with Crippen LogP contribution in [0.25, 0.3) is 119 Å². The molecule has 0 atom stereocenters. The summed E-state index contributed by atoms with van der Waals surface area (Å²) in [4.78, 5) is 11.1. The molecule has 0 aliphatic rings. The van der Waals surface area contributed by atoms with Crippen LogP contribution in [0.4, 0.5) is 0 Å². The number of hydrogen-bond acceptors (Lipinski definition) is 3. The topological polar surface area (TPSA) is 35.6 Å². The molecule has 0 unspecified atom stereocenters. The maximum absolute atomic E-state index is 5.65. The van der Waals surface area contributed by atoms with Gasteiger partial charge in [0.25, 0.3) is 0 Å². The van der Waals surface area contributed by atoms with Gasteiger partial charge in [0, 0.05) is 58.4 Å². The normalized spacial score (nSPS) is 12.2. The van der Waals surface area contributed by atoms with Gasteiger partial charge in [-0.05, 0) is 70.1 Å². The molecule has 264 valence electrons. The van der Waals surface area contributed by atoms with Crippen molar-refractivity contribution >= 4 is 108 Å². The lowest BCUT2D eigenvalue weighted by atomic mass is 9.94. The van der Waals surface area contributed by atoms with Crippen molar-refractivity contribution in [3.8, 4) is 22.9 Å². The number of benzene rings is 9. The molecule has 0 amide bonds. The Bertz CT molecular complexity index is 3810. The van der Waals surface area contributed by atoms with Gasteiger partial charge in [0.15, 0.2) is 0 Å². The molecule has 0 saturated carbocycles. The van der Waals surface area contributed by atoms with Crippen molar-refractivity contribution in [2.24, 2.45) is 0 Å². The average Bonchev–Trinajstić information content (AvgIpc) is 3.94. The molecule has 0 saturated heterocycles. The molecular formula is C52H30N4S. The van der Waals surface area contributed by atoms with Crippen LogP contribution in [0.15, 0.2) is 182 Å². The second-order valence-corrected chi connectivity index (χ2v) is 16.0. The summed E-state index contributed by atoms with van der Waals surface area (Å²) in [7, 11) is 0. The summed E-state index contributed by atoms with van der Waals surface area (Å²) >= 11 is 1.86. The first-order valence-electron chi connectivity index (χ1n) is 19.3. The van der Waals surface area contributed by atoms with Gasteiger partial charge in [-0.25, -0.2) is 9.97 Å². The van der Waals surface area contributed by atoms with E-state index in [9.17, 15) is 0 Å². The molecule has 5 heteroatoms. The molecule has 4 heterocycles. The number of aromatic nitrogens is 4. The van der Waals surface area contributed by atoms with E-state index in [1.807, 2.05) is 11.3 Å². The van der Waals surface area contributed by atoms with Gasteiger partial charge in [-0.1, -0.05) is 133 Å². The fourth-order valence-corrected chi connectivity index (χ4v) is 10.6. The zero-order valence-corrected chi connectivity index (χ0v) is 31.3. The molecule has 0 bridgehead atoms. The van der Waals surface area contributed by atoms with E-state index in [4.69, 9.17) is 9.97 Å². The van der Waals surface area contributed by atoms with Crippen LogP contribution in [0, 0.1) is 0 Å². The number of fused-ring (bicyclic) bond motifs is 15. The van der Waals surface area contributed by atoms with E-state index < -0.39 is 0 Å². The van der Waals surface area contributed by atoms with E-state index >= 15 is 0 Å². The van der Waals surface area contributed by atoms with Crippen LogP contribution < -0.4 is 0 Å². The third-order valence-electron chi connectivity index (χ3n) is 11.9. The Morgan fingerprint density at radius 3 is 1.65 bits per heavy atom. The van der Waals surface area contributed by atoms with Crippen molar-refractivity contribution in [3.05, 3.63) is 182 Å². The first-order valence-corrected chi connectivity index (χ1v) is 20.2. The molecule has 0 spiro atoms. The van der Waals surface area contributed by atoms with Crippen LogP contribution >= 0.6 is 11.3 Å². The SMILES string of the molecule is c1ccc(-n2c3ccccc3c3ccc4sc5ccc6c7ccccc7n(-c7nc(-c8cc9ccccc9c9ccccc89)c8ccccc8n7)c6c5c4c32)cc1. The number of para-hydroxylation sites is 4. The smallest absolute Gasteiger partial charge is 0.235 e. The number of thiophene rings is 1. The highest BCUT2D eigenvalue weighted by Gasteiger charge is 2.24. The van der Waals surface area contributed by atoms with E-state index in [1.165, 1.54) is 74.3 Å². The Morgan fingerprint density at radius 1 is 0.386 bits per heavy atom. The summed E-state index contributed by atoms with van der Waals surface area (Å²) < 4.78 is 7.29. The van der Waals surface area contributed by atoms with Crippen molar-refractivity contribution in [1.29, 1.82) is 0 Å². The van der Waals surface area contributed by atoms with E-state index in [0.717, 1.165) is 38.9 Å². The molecule has 0 aliphatic heterocycles. The second kappa shape index (κ2) is 11.6. The largest absolute Gasteiger partial charge is 0.309 e. The molecule has 4 nitrogen and oxygen atoms in total. The summed E-state index contributed by atoms with van der Waals surface area (Å²) in [6.45, 7) is 0. The molecule has 4 aromatic heterocycles. The predicted molar refractivity (Wildman–Crippen MR) is 242 cm³/mol. The minimum absolute atomic E-state index is 0.662. The molecule has 0 aliphatic carbocycles. The lowest BCUT2D eigenvalue weighted by molar-refractivity contribution is 1.02. The molecular weight excluding hydrogens is 713 g/mol. The first-order chi connectivity index (χ1) is 28.3. The molecule has 13 aromatic rings. The van der Waals surface area contributed by atoms with E-state index in [-0.39, 0.29) is 0 Å². The fraction of sp³-hybridized carbons (Fsp3) is 0. The van der Waals surface area contributed by atoms with E-state index in [1.54, 1.807) is 0 Å². The second-order valence-electron chi connectivity index (χ2n) is 14.9. The van der Waals surface area contributed by atoms with Crippen LogP contribution in [0.2, 0.25) is 0 Å². The van der Waals surface area contributed by atoms with Gasteiger partial charge in [-0.2, -0.15) is 0 Å². The van der Waals surface area contributed by atoms with Gasteiger partial charge in [-0.15, -0.1) is 11.3 Å². The minimum atomic E-state index is 0.662. The average molecular weight is 743 g/mol. The molecule has 57 heavy (non-hydrogen) atoms. The lowest BCUT2D eigenvalue weighted by Crippen LogP contribution is -2.04. The van der Waals surface area contributed by atoms with E-state index in [2.05, 4.69) is 191 Å². The Labute approximate surface area is 330 Å². The third kappa shape index (κ3) is 4.26.